The molecule has 6 heteroatoms. The van der Waals surface area contributed by atoms with E-state index in [9.17, 15) is 14.9 Å². The highest BCUT2D eigenvalue weighted by molar-refractivity contribution is 5.98. The quantitative estimate of drug-likeness (QED) is 0.480. The van der Waals surface area contributed by atoms with Gasteiger partial charge in [-0.2, -0.15) is 0 Å². The summed E-state index contributed by atoms with van der Waals surface area (Å²) in [5, 5.41) is 11.0. The molecule has 0 aromatic heterocycles. The summed E-state index contributed by atoms with van der Waals surface area (Å²) in [4.78, 5) is 24.0. The van der Waals surface area contributed by atoms with E-state index in [4.69, 9.17) is 4.74 Å². The molecular formula is C14H18N2O4. The molecule has 0 unspecified atom stereocenters. The number of piperidine rings is 1. The molecule has 0 radical (unpaired) electrons. The number of nitro benzene ring substituents is 1. The molecule has 0 aliphatic carbocycles. The van der Waals surface area contributed by atoms with Crippen LogP contribution in [0.2, 0.25) is 0 Å². The summed E-state index contributed by atoms with van der Waals surface area (Å²) in [7, 11) is 2.06. The van der Waals surface area contributed by atoms with E-state index in [0.717, 1.165) is 25.9 Å². The van der Waals surface area contributed by atoms with Crippen LogP contribution in [-0.4, -0.2) is 41.8 Å². The number of Topliss-reactive ketones (excluding diaryl/α,β-unsaturated/α-hetero) is 1. The molecule has 2 rings (SSSR count). The van der Waals surface area contributed by atoms with E-state index in [1.807, 2.05) is 0 Å². The lowest BCUT2D eigenvalue weighted by molar-refractivity contribution is -0.385. The molecule has 20 heavy (non-hydrogen) atoms. The minimum absolute atomic E-state index is 0.0778. The van der Waals surface area contributed by atoms with Crippen LogP contribution >= 0.6 is 0 Å². The zero-order valence-electron chi connectivity index (χ0n) is 11.7. The van der Waals surface area contributed by atoms with E-state index >= 15 is 0 Å². The van der Waals surface area contributed by atoms with Crippen molar-refractivity contribution in [1.29, 1.82) is 0 Å². The van der Waals surface area contributed by atoms with Gasteiger partial charge in [0.05, 0.1) is 16.6 Å². The number of carbonyl (C=O) groups is 1. The third-order valence-corrected chi connectivity index (χ3v) is 3.51. The molecule has 1 aliphatic rings. The largest absolute Gasteiger partial charge is 0.490 e. The molecule has 0 saturated carbocycles. The van der Waals surface area contributed by atoms with Crippen molar-refractivity contribution in [3.8, 4) is 5.75 Å². The Kier molecular flexibility index (Phi) is 4.34. The molecule has 0 bridgehead atoms. The van der Waals surface area contributed by atoms with Gasteiger partial charge in [0.25, 0.3) is 5.69 Å². The first-order chi connectivity index (χ1) is 9.47. The van der Waals surface area contributed by atoms with Crippen LogP contribution in [0.15, 0.2) is 18.2 Å². The Labute approximate surface area is 117 Å². The number of ketones is 1. The molecule has 1 aromatic rings. The fraction of sp³-hybridized carbons (Fsp3) is 0.500. The number of nitro groups is 1. The second-order valence-corrected chi connectivity index (χ2v) is 5.11. The van der Waals surface area contributed by atoms with Crippen LogP contribution in [0, 0.1) is 10.1 Å². The molecule has 1 fully saturated rings. The van der Waals surface area contributed by atoms with Crippen molar-refractivity contribution in [2.45, 2.75) is 25.9 Å². The lowest BCUT2D eigenvalue weighted by Gasteiger charge is -2.29. The summed E-state index contributed by atoms with van der Waals surface area (Å²) >= 11 is 0. The van der Waals surface area contributed by atoms with Crippen LogP contribution in [0.5, 0.6) is 5.75 Å². The predicted molar refractivity (Wildman–Crippen MR) is 74.2 cm³/mol. The van der Waals surface area contributed by atoms with Gasteiger partial charge in [0.1, 0.15) is 11.9 Å². The highest BCUT2D eigenvalue weighted by Crippen LogP contribution is 2.27. The zero-order valence-corrected chi connectivity index (χ0v) is 11.7. The van der Waals surface area contributed by atoms with E-state index in [1.165, 1.54) is 19.1 Å². The van der Waals surface area contributed by atoms with Crippen LogP contribution in [0.4, 0.5) is 5.69 Å². The first-order valence-corrected chi connectivity index (χ1v) is 6.62. The SMILES string of the molecule is CC(=O)c1ccc(OC2CCN(C)CC2)cc1[N+](=O)[O-]. The summed E-state index contributed by atoms with van der Waals surface area (Å²) in [6.45, 7) is 3.23. The highest BCUT2D eigenvalue weighted by atomic mass is 16.6. The van der Waals surface area contributed by atoms with Crippen LogP contribution in [0.1, 0.15) is 30.1 Å². The van der Waals surface area contributed by atoms with Crippen molar-refractivity contribution in [2.24, 2.45) is 0 Å². The summed E-state index contributed by atoms with van der Waals surface area (Å²) in [6, 6.07) is 4.43. The third kappa shape index (κ3) is 3.33. The number of likely N-dealkylation sites (tertiary alicyclic amines) is 1. The second kappa shape index (κ2) is 6.00. The lowest BCUT2D eigenvalue weighted by Crippen LogP contribution is -2.35. The van der Waals surface area contributed by atoms with Gasteiger partial charge in [0.15, 0.2) is 5.78 Å². The van der Waals surface area contributed by atoms with Crippen LogP contribution in [0.25, 0.3) is 0 Å². The van der Waals surface area contributed by atoms with Crippen LogP contribution in [-0.2, 0) is 0 Å². The Morgan fingerprint density at radius 1 is 1.40 bits per heavy atom. The second-order valence-electron chi connectivity index (χ2n) is 5.11. The molecule has 6 nitrogen and oxygen atoms in total. The van der Waals surface area contributed by atoms with Crippen molar-refractivity contribution in [1.82, 2.24) is 4.90 Å². The van der Waals surface area contributed by atoms with Gasteiger partial charge in [-0.15, -0.1) is 0 Å². The number of rotatable bonds is 4. The number of ether oxygens (including phenoxy) is 1. The lowest BCUT2D eigenvalue weighted by atomic mass is 10.1. The molecule has 0 N–H and O–H groups in total. The van der Waals surface area contributed by atoms with Gasteiger partial charge in [-0.1, -0.05) is 0 Å². The summed E-state index contributed by atoms with van der Waals surface area (Å²) in [6.07, 6.45) is 1.88. The summed E-state index contributed by atoms with van der Waals surface area (Å²) < 4.78 is 5.79. The molecule has 1 aliphatic heterocycles. The fourth-order valence-electron chi connectivity index (χ4n) is 2.33. The van der Waals surface area contributed by atoms with Crippen molar-refractivity contribution in [3.63, 3.8) is 0 Å². The van der Waals surface area contributed by atoms with Gasteiger partial charge in [0, 0.05) is 13.1 Å². The van der Waals surface area contributed by atoms with Crippen LogP contribution in [0.3, 0.4) is 0 Å². The van der Waals surface area contributed by atoms with E-state index in [-0.39, 0.29) is 23.1 Å². The predicted octanol–water partition coefficient (Wildman–Crippen LogP) is 2.27. The average Bonchev–Trinajstić information content (AvgIpc) is 2.41. The smallest absolute Gasteiger partial charge is 0.283 e. The monoisotopic (exact) mass is 278 g/mol. The zero-order chi connectivity index (χ0) is 14.7. The van der Waals surface area contributed by atoms with Gasteiger partial charge >= 0.3 is 0 Å². The van der Waals surface area contributed by atoms with Crippen molar-refractivity contribution in [3.05, 3.63) is 33.9 Å². The minimum Gasteiger partial charge on any atom is -0.490 e. The van der Waals surface area contributed by atoms with Gasteiger partial charge in [-0.25, -0.2) is 0 Å². The number of benzene rings is 1. The maximum absolute atomic E-state index is 11.4. The van der Waals surface area contributed by atoms with Gasteiger partial charge in [-0.05, 0) is 38.9 Å². The molecule has 0 spiro atoms. The van der Waals surface area contributed by atoms with Crippen molar-refractivity contribution >= 4 is 11.5 Å². The molecule has 108 valence electrons. The van der Waals surface area contributed by atoms with Gasteiger partial charge in [-0.3, -0.25) is 14.9 Å². The van der Waals surface area contributed by atoms with E-state index in [1.54, 1.807) is 6.07 Å². The number of carbonyl (C=O) groups excluding carboxylic acids is 1. The normalized spacial score (nSPS) is 16.9. The number of nitrogens with zero attached hydrogens (tertiary/aromatic N) is 2. The molecule has 1 aromatic carbocycles. The first kappa shape index (κ1) is 14.5. The molecule has 1 saturated heterocycles. The number of hydrogen-bond acceptors (Lipinski definition) is 5. The fourth-order valence-corrected chi connectivity index (χ4v) is 2.33. The van der Waals surface area contributed by atoms with Gasteiger partial charge in [0.2, 0.25) is 0 Å². The Morgan fingerprint density at radius 3 is 2.60 bits per heavy atom. The van der Waals surface area contributed by atoms with Gasteiger partial charge < -0.3 is 9.64 Å². The van der Waals surface area contributed by atoms with E-state index in [2.05, 4.69) is 11.9 Å². The van der Waals surface area contributed by atoms with E-state index in [0.29, 0.717) is 5.75 Å². The van der Waals surface area contributed by atoms with Crippen LogP contribution < -0.4 is 4.74 Å². The summed E-state index contributed by atoms with van der Waals surface area (Å²) in [5.74, 6) is 0.138. The Bertz CT molecular complexity index is 522. The topological polar surface area (TPSA) is 72.7 Å². The number of hydrogen-bond donors (Lipinski definition) is 0. The maximum Gasteiger partial charge on any atom is 0.283 e. The Hall–Kier alpha value is -1.95. The minimum atomic E-state index is -0.543. The average molecular weight is 278 g/mol. The molecule has 1 heterocycles. The first-order valence-electron chi connectivity index (χ1n) is 6.62. The standard InChI is InChI=1S/C14H18N2O4/c1-10(17)13-4-3-12(9-14(13)16(18)19)20-11-5-7-15(2)8-6-11/h3-4,9,11H,5-8H2,1-2H3. The third-order valence-electron chi connectivity index (χ3n) is 3.51. The molecule has 0 atom stereocenters. The van der Waals surface area contributed by atoms with E-state index < -0.39 is 4.92 Å². The highest BCUT2D eigenvalue weighted by Gasteiger charge is 2.21. The Balaban J connectivity index is 2.15. The van der Waals surface area contributed by atoms with Crippen molar-refractivity contribution < 1.29 is 14.5 Å². The molecule has 0 amide bonds. The van der Waals surface area contributed by atoms with Crippen molar-refractivity contribution in [2.75, 3.05) is 20.1 Å². The molecular weight excluding hydrogens is 260 g/mol. The summed E-state index contributed by atoms with van der Waals surface area (Å²) in [5.41, 5.74) is -0.0753. The Morgan fingerprint density at radius 2 is 2.05 bits per heavy atom. The maximum atomic E-state index is 11.4.